The second-order valence-corrected chi connectivity index (χ2v) is 5.54. The Kier molecular flexibility index (Phi) is 4.31. The molecule has 2 aliphatic heterocycles. The molecule has 1 fully saturated rings. The van der Waals surface area contributed by atoms with Crippen LogP contribution < -0.4 is 0 Å². The molecule has 3 aliphatic rings. The molecule has 3 rings (SSSR count). The zero-order valence-corrected chi connectivity index (χ0v) is 11.6. The first-order valence-corrected chi connectivity index (χ1v) is 7.06. The summed E-state index contributed by atoms with van der Waals surface area (Å²) < 4.78 is 16.0. The van der Waals surface area contributed by atoms with Crippen molar-refractivity contribution in [1.82, 2.24) is 0 Å². The quantitative estimate of drug-likeness (QED) is 0.440. The molecule has 0 spiro atoms. The lowest BCUT2D eigenvalue weighted by Gasteiger charge is -2.41. The van der Waals surface area contributed by atoms with Crippen LogP contribution in [0.2, 0.25) is 0 Å². The van der Waals surface area contributed by atoms with E-state index in [1.165, 1.54) is 6.08 Å². The van der Waals surface area contributed by atoms with Crippen LogP contribution in [0.25, 0.3) is 0 Å². The SMILES string of the molecule is O=C1C=C2C=C[C@@H](O[C@@H]3O[C@H](CO)[C@@H](O)[C@H](O)[C@H]3O)C[C@@H]2O1. The number of esters is 1. The standard InChI is InChI=1S/C14H18O8/c15-5-9-11(17)12(18)13(19)14(22-9)20-7-2-1-6-3-10(16)21-8(6)4-7/h1-3,7-9,11-15,17-19H,4-5H2/t7-,8+,9-,11-,12+,13-,14-/m1/s1. The Morgan fingerprint density at radius 2 is 2.00 bits per heavy atom. The van der Waals surface area contributed by atoms with Crippen LogP contribution in [0.5, 0.6) is 0 Å². The Balaban J connectivity index is 1.65. The van der Waals surface area contributed by atoms with E-state index in [1.807, 2.05) is 0 Å². The summed E-state index contributed by atoms with van der Waals surface area (Å²) in [6.07, 6.45) is -2.29. The maximum atomic E-state index is 11.2. The maximum absolute atomic E-state index is 11.2. The van der Waals surface area contributed by atoms with E-state index in [-0.39, 0.29) is 0 Å². The molecule has 22 heavy (non-hydrogen) atoms. The third-order valence-corrected chi connectivity index (χ3v) is 4.02. The maximum Gasteiger partial charge on any atom is 0.331 e. The number of fused-ring (bicyclic) bond motifs is 1. The highest BCUT2D eigenvalue weighted by Crippen LogP contribution is 2.30. The van der Waals surface area contributed by atoms with Crippen molar-refractivity contribution in [2.45, 2.75) is 49.3 Å². The van der Waals surface area contributed by atoms with Gasteiger partial charge in [0.1, 0.15) is 30.5 Å². The van der Waals surface area contributed by atoms with Crippen LogP contribution in [0.4, 0.5) is 0 Å². The first-order valence-electron chi connectivity index (χ1n) is 7.06. The minimum absolute atomic E-state index is 0.364. The largest absolute Gasteiger partial charge is 0.454 e. The smallest absolute Gasteiger partial charge is 0.331 e. The molecule has 0 radical (unpaired) electrons. The third kappa shape index (κ3) is 2.81. The van der Waals surface area contributed by atoms with E-state index in [0.717, 1.165) is 5.57 Å². The Morgan fingerprint density at radius 3 is 2.73 bits per heavy atom. The monoisotopic (exact) mass is 314 g/mol. The van der Waals surface area contributed by atoms with Gasteiger partial charge in [-0.25, -0.2) is 4.79 Å². The minimum Gasteiger partial charge on any atom is -0.454 e. The van der Waals surface area contributed by atoms with Gasteiger partial charge in [-0.3, -0.25) is 0 Å². The van der Waals surface area contributed by atoms with Crippen molar-refractivity contribution in [3.8, 4) is 0 Å². The molecule has 0 saturated carbocycles. The van der Waals surface area contributed by atoms with E-state index in [9.17, 15) is 20.1 Å². The summed E-state index contributed by atoms with van der Waals surface area (Å²) in [6, 6.07) is 0. The van der Waals surface area contributed by atoms with E-state index >= 15 is 0 Å². The number of rotatable bonds is 3. The summed E-state index contributed by atoms with van der Waals surface area (Å²) in [5.74, 6) is -0.404. The van der Waals surface area contributed by atoms with Gasteiger partial charge in [-0.05, 0) is 5.57 Å². The minimum atomic E-state index is -1.48. The van der Waals surface area contributed by atoms with Gasteiger partial charge >= 0.3 is 5.97 Å². The predicted molar refractivity (Wildman–Crippen MR) is 70.4 cm³/mol. The van der Waals surface area contributed by atoms with Crippen LogP contribution in [-0.4, -0.2) is 75.9 Å². The Hall–Kier alpha value is -1.29. The lowest BCUT2D eigenvalue weighted by molar-refractivity contribution is -0.308. The van der Waals surface area contributed by atoms with Crippen molar-refractivity contribution in [2.24, 2.45) is 0 Å². The summed E-state index contributed by atoms with van der Waals surface area (Å²) in [5.41, 5.74) is 0.763. The van der Waals surface area contributed by atoms with Gasteiger partial charge in [0.05, 0.1) is 12.7 Å². The van der Waals surface area contributed by atoms with Crippen LogP contribution in [0, 0.1) is 0 Å². The molecule has 0 aromatic rings. The zero-order valence-electron chi connectivity index (χ0n) is 11.6. The normalized spacial score (nSPS) is 44.5. The van der Waals surface area contributed by atoms with E-state index in [1.54, 1.807) is 12.2 Å². The highest BCUT2D eigenvalue weighted by molar-refractivity contribution is 5.86. The third-order valence-electron chi connectivity index (χ3n) is 4.02. The molecule has 0 aromatic carbocycles. The number of aliphatic hydroxyl groups is 4. The van der Waals surface area contributed by atoms with Crippen LogP contribution in [-0.2, 0) is 19.0 Å². The van der Waals surface area contributed by atoms with Crippen molar-refractivity contribution in [3.05, 3.63) is 23.8 Å². The van der Waals surface area contributed by atoms with Crippen molar-refractivity contribution in [1.29, 1.82) is 0 Å². The van der Waals surface area contributed by atoms with Gasteiger partial charge in [0.15, 0.2) is 6.29 Å². The average molecular weight is 314 g/mol. The number of ether oxygens (including phenoxy) is 3. The highest BCUT2D eigenvalue weighted by Gasteiger charge is 2.45. The van der Waals surface area contributed by atoms with Gasteiger partial charge in [0.25, 0.3) is 0 Å². The fraction of sp³-hybridized carbons (Fsp3) is 0.643. The van der Waals surface area contributed by atoms with E-state index in [4.69, 9.17) is 19.3 Å². The van der Waals surface area contributed by atoms with Gasteiger partial charge in [-0.1, -0.05) is 12.2 Å². The fourth-order valence-electron chi connectivity index (χ4n) is 2.77. The van der Waals surface area contributed by atoms with Gasteiger partial charge < -0.3 is 34.6 Å². The summed E-state index contributed by atoms with van der Waals surface area (Å²) in [7, 11) is 0. The van der Waals surface area contributed by atoms with Gasteiger partial charge in [0.2, 0.25) is 0 Å². The molecule has 122 valence electrons. The highest BCUT2D eigenvalue weighted by atomic mass is 16.7. The van der Waals surface area contributed by atoms with Crippen molar-refractivity contribution < 1.29 is 39.4 Å². The number of aliphatic hydroxyl groups excluding tert-OH is 4. The molecule has 1 saturated heterocycles. The Morgan fingerprint density at radius 1 is 1.23 bits per heavy atom. The molecule has 2 heterocycles. The average Bonchev–Trinajstić information content (AvgIpc) is 2.87. The first kappa shape index (κ1) is 15.6. The molecule has 7 atom stereocenters. The predicted octanol–water partition coefficient (Wildman–Crippen LogP) is -2.02. The lowest BCUT2D eigenvalue weighted by Crippen LogP contribution is -2.59. The summed E-state index contributed by atoms with van der Waals surface area (Å²) >= 11 is 0. The molecule has 0 bridgehead atoms. The molecular weight excluding hydrogens is 296 g/mol. The zero-order chi connectivity index (χ0) is 15.9. The molecule has 0 unspecified atom stereocenters. The second kappa shape index (κ2) is 6.07. The van der Waals surface area contributed by atoms with Crippen molar-refractivity contribution in [3.63, 3.8) is 0 Å². The molecule has 1 aliphatic carbocycles. The van der Waals surface area contributed by atoms with Crippen LogP contribution in [0.1, 0.15) is 6.42 Å². The second-order valence-electron chi connectivity index (χ2n) is 5.54. The van der Waals surface area contributed by atoms with E-state index in [0.29, 0.717) is 6.42 Å². The number of carbonyl (C=O) groups excluding carboxylic acids is 1. The van der Waals surface area contributed by atoms with Gasteiger partial charge in [0, 0.05) is 12.5 Å². The fourth-order valence-corrected chi connectivity index (χ4v) is 2.77. The van der Waals surface area contributed by atoms with E-state index < -0.39 is 55.5 Å². The molecular formula is C14H18O8. The van der Waals surface area contributed by atoms with Crippen LogP contribution in [0.15, 0.2) is 23.8 Å². The molecule has 0 aromatic heterocycles. The topological polar surface area (TPSA) is 126 Å². The summed E-state index contributed by atoms with van der Waals surface area (Å²) in [4.78, 5) is 11.2. The van der Waals surface area contributed by atoms with Crippen molar-refractivity contribution in [2.75, 3.05) is 6.61 Å². The van der Waals surface area contributed by atoms with Crippen molar-refractivity contribution >= 4 is 5.97 Å². The number of hydrogen-bond acceptors (Lipinski definition) is 8. The first-order chi connectivity index (χ1) is 10.5. The molecule has 4 N–H and O–H groups in total. The number of hydrogen-bond donors (Lipinski definition) is 4. The van der Waals surface area contributed by atoms with Crippen LogP contribution >= 0.6 is 0 Å². The summed E-state index contributed by atoms with van der Waals surface area (Å²) in [6.45, 7) is -0.515. The molecule has 0 amide bonds. The van der Waals surface area contributed by atoms with Crippen LogP contribution in [0.3, 0.4) is 0 Å². The molecule has 8 nitrogen and oxygen atoms in total. The van der Waals surface area contributed by atoms with Gasteiger partial charge in [-0.15, -0.1) is 0 Å². The van der Waals surface area contributed by atoms with Gasteiger partial charge in [-0.2, -0.15) is 0 Å². The lowest BCUT2D eigenvalue weighted by atomic mass is 9.96. The summed E-state index contributed by atoms with van der Waals surface area (Å²) in [5, 5.41) is 38.5. The molecule has 8 heteroatoms. The Labute approximate surface area is 126 Å². The number of carbonyl (C=O) groups is 1. The Bertz CT molecular complexity index is 499. The van der Waals surface area contributed by atoms with E-state index in [2.05, 4.69) is 0 Å².